The number of hydrogen-bond acceptors (Lipinski definition) is 4. The first-order valence-electron chi connectivity index (χ1n) is 6.72. The Labute approximate surface area is 117 Å². The van der Waals surface area contributed by atoms with E-state index >= 15 is 0 Å². The number of carboxylic acids is 1. The highest BCUT2D eigenvalue weighted by Crippen LogP contribution is 2.12. The molecule has 0 aliphatic heterocycles. The molecule has 0 atom stereocenters. The van der Waals surface area contributed by atoms with Gasteiger partial charge in [0.2, 0.25) is 11.8 Å². The van der Waals surface area contributed by atoms with Gasteiger partial charge in [0.15, 0.2) is 0 Å². The lowest BCUT2D eigenvalue weighted by Crippen LogP contribution is -1.95. The maximum absolute atomic E-state index is 10.4. The third kappa shape index (κ3) is 4.50. The molecule has 2 aromatic rings. The summed E-state index contributed by atoms with van der Waals surface area (Å²) in [6, 6.07) is 8.18. The van der Waals surface area contributed by atoms with Crippen molar-refractivity contribution in [1.82, 2.24) is 10.2 Å². The van der Waals surface area contributed by atoms with Gasteiger partial charge in [0.05, 0.1) is 6.42 Å². The molecule has 0 aliphatic carbocycles. The maximum atomic E-state index is 10.4. The van der Waals surface area contributed by atoms with Gasteiger partial charge in [0.1, 0.15) is 0 Å². The van der Waals surface area contributed by atoms with Crippen molar-refractivity contribution in [3.63, 3.8) is 0 Å². The number of rotatable bonds is 7. The van der Waals surface area contributed by atoms with Crippen LogP contribution in [0.15, 0.2) is 28.7 Å². The first-order valence-corrected chi connectivity index (χ1v) is 6.72. The molecule has 0 radical (unpaired) electrons. The normalized spacial score (nSPS) is 10.7. The predicted octanol–water partition coefficient (Wildman–Crippen LogP) is 2.77. The van der Waals surface area contributed by atoms with Gasteiger partial charge in [-0.15, -0.1) is 10.2 Å². The fraction of sp³-hybridized carbons (Fsp3) is 0.400. The van der Waals surface area contributed by atoms with E-state index in [1.165, 1.54) is 5.56 Å². The topological polar surface area (TPSA) is 76.2 Å². The molecule has 0 saturated heterocycles. The van der Waals surface area contributed by atoms with Gasteiger partial charge in [-0.25, -0.2) is 0 Å². The highest BCUT2D eigenvalue weighted by atomic mass is 16.4. The van der Waals surface area contributed by atoms with Gasteiger partial charge in [-0.05, 0) is 25.3 Å². The van der Waals surface area contributed by atoms with Crippen LogP contribution in [-0.4, -0.2) is 21.3 Å². The predicted molar refractivity (Wildman–Crippen MR) is 73.5 cm³/mol. The fourth-order valence-electron chi connectivity index (χ4n) is 2.01. The molecule has 0 bridgehead atoms. The summed E-state index contributed by atoms with van der Waals surface area (Å²) in [5.74, 6) is 0.414. The molecule has 0 amide bonds. The van der Waals surface area contributed by atoms with E-state index in [0.717, 1.165) is 12.0 Å². The molecule has 2 rings (SSSR count). The van der Waals surface area contributed by atoms with Gasteiger partial charge in [-0.1, -0.05) is 29.8 Å². The molecule has 0 spiro atoms. The number of aromatic nitrogens is 2. The van der Waals surface area contributed by atoms with Gasteiger partial charge in [0.25, 0.3) is 0 Å². The molecule has 5 nitrogen and oxygen atoms in total. The Kier molecular flexibility index (Phi) is 4.87. The first-order chi connectivity index (χ1) is 9.63. The van der Waals surface area contributed by atoms with E-state index in [0.29, 0.717) is 31.0 Å². The Morgan fingerprint density at radius 1 is 1.25 bits per heavy atom. The summed E-state index contributed by atoms with van der Waals surface area (Å²) in [6.07, 6.45) is 2.82. The molecule has 1 heterocycles. The van der Waals surface area contributed by atoms with Crippen molar-refractivity contribution in [3.05, 3.63) is 47.2 Å². The van der Waals surface area contributed by atoms with Crippen LogP contribution in [-0.2, 0) is 17.6 Å². The minimum absolute atomic E-state index is 0.185. The Hall–Kier alpha value is -2.17. The lowest BCUT2D eigenvalue weighted by atomic mass is 10.1. The van der Waals surface area contributed by atoms with Gasteiger partial charge in [-0.3, -0.25) is 4.79 Å². The maximum Gasteiger partial charge on any atom is 0.303 e. The van der Waals surface area contributed by atoms with E-state index in [1.807, 2.05) is 25.1 Å². The number of hydrogen-bond donors (Lipinski definition) is 1. The zero-order valence-corrected chi connectivity index (χ0v) is 11.5. The van der Waals surface area contributed by atoms with Crippen molar-refractivity contribution in [2.45, 2.75) is 39.0 Å². The molecule has 1 aromatic heterocycles. The zero-order chi connectivity index (χ0) is 14.4. The number of nitrogens with zero attached hydrogens (tertiary/aromatic N) is 2. The number of aryl methyl sites for hydroxylation is 2. The highest BCUT2D eigenvalue weighted by molar-refractivity contribution is 5.66. The van der Waals surface area contributed by atoms with Gasteiger partial charge >= 0.3 is 5.97 Å². The summed E-state index contributed by atoms with van der Waals surface area (Å²) in [5.41, 5.74) is 2.35. The van der Waals surface area contributed by atoms with Crippen LogP contribution in [0, 0.1) is 6.92 Å². The lowest BCUT2D eigenvalue weighted by molar-refractivity contribution is -0.137. The number of benzene rings is 1. The van der Waals surface area contributed by atoms with Crippen LogP contribution in [0.25, 0.3) is 0 Å². The van der Waals surface area contributed by atoms with Gasteiger partial charge < -0.3 is 9.52 Å². The lowest BCUT2D eigenvalue weighted by Gasteiger charge is -1.98. The Bertz CT molecular complexity index is 578. The van der Waals surface area contributed by atoms with E-state index in [2.05, 4.69) is 16.3 Å². The Morgan fingerprint density at radius 3 is 2.80 bits per heavy atom. The molecule has 0 fully saturated rings. The largest absolute Gasteiger partial charge is 0.481 e. The minimum atomic E-state index is -0.768. The standard InChI is InChI=1S/C15H18N2O3/c1-11-5-4-6-12(9-11)10-14-17-16-13(20-14)7-2-3-8-15(18)19/h4-6,9H,2-3,7-8,10H2,1H3,(H,18,19). The Balaban J connectivity index is 1.84. The van der Waals surface area contributed by atoms with Crippen LogP contribution in [0.2, 0.25) is 0 Å². The number of unbranched alkanes of at least 4 members (excludes halogenated alkanes) is 1. The molecular weight excluding hydrogens is 256 g/mol. The van der Waals surface area contributed by atoms with E-state index in [1.54, 1.807) is 0 Å². The van der Waals surface area contributed by atoms with Gasteiger partial charge in [-0.2, -0.15) is 0 Å². The monoisotopic (exact) mass is 274 g/mol. The fourth-order valence-corrected chi connectivity index (χ4v) is 2.01. The van der Waals surface area contributed by atoms with Crippen LogP contribution in [0.5, 0.6) is 0 Å². The van der Waals surface area contributed by atoms with E-state index < -0.39 is 5.97 Å². The number of carbonyl (C=O) groups is 1. The van der Waals surface area contributed by atoms with Crippen LogP contribution in [0.1, 0.15) is 42.2 Å². The molecule has 5 heteroatoms. The number of aliphatic carboxylic acids is 1. The van der Waals surface area contributed by atoms with Gasteiger partial charge in [0, 0.05) is 12.8 Å². The summed E-state index contributed by atoms with van der Waals surface area (Å²) in [5, 5.41) is 16.6. The second-order valence-corrected chi connectivity index (χ2v) is 4.86. The zero-order valence-electron chi connectivity index (χ0n) is 11.5. The quantitative estimate of drug-likeness (QED) is 0.786. The van der Waals surface area contributed by atoms with Crippen molar-refractivity contribution in [2.24, 2.45) is 0 Å². The summed E-state index contributed by atoms with van der Waals surface area (Å²) in [6.45, 7) is 2.05. The SMILES string of the molecule is Cc1cccc(Cc2nnc(CCCCC(=O)O)o2)c1. The summed E-state index contributed by atoms with van der Waals surface area (Å²) in [4.78, 5) is 10.4. The summed E-state index contributed by atoms with van der Waals surface area (Å²) >= 11 is 0. The molecule has 1 aromatic carbocycles. The molecule has 0 aliphatic rings. The second kappa shape index (κ2) is 6.84. The third-order valence-electron chi connectivity index (χ3n) is 2.98. The van der Waals surface area contributed by atoms with Crippen LogP contribution in [0.3, 0.4) is 0 Å². The average Bonchev–Trinajstić information content (AvgIpc) is 2.82. The van der Waals surface area contributed by atoms with Crippen molar-refractivity contribution in [2.75, 3.05) is 0 Å². The first kappa shape index (κ1) is 14.2. The van der Waals surface area contributed by atoms with Crippen LogP contribution < -0.4 is 0 Å². The second-order valence-electron chi connectivity index (χ2n) is 4.86. The van der Waals surface area contributed by atoms with E-state index in [9.17, 15) is 4.79 Å². The van der Waals surface area contributed by atoms with Crippen molar-refractivity contribution in [1.29, 1.82) is 0 Å². The van der Waals surface area contributed by atoms with Crippen molar-refractivity contribution >= 4 is 5.97 Å². The molecule has 0 saturated carbocycles. The highest BCUT2D eigenvalue weighted by Gasteiger charge is 2.07. The van der Waals surface area contributed by atoms with Crippen LogP contribution in [0.4, 0.5) is 0 Å². The minimum Gasteiger partial charge on any atom is -0.481 e. The molecule has 0 unspecified atom stereocenters. The van der Waals surface area contributed by atoms with Crippen LogP contribution >= 0.6 is 0 Å². The summed E-state index contributed by atoms with van der Waals surface area (Å²) in [7, 11) is 0. The Morgan fingerprint density at radius 2 is 2.05 bits per heavy atom. The molecular formula is C15H18N2O3. The smallest absolute Gasteiger partial charge is 0.303 e. The molecule has 106 valence electrons. The van der Waals surface area contributed by atoms with E-state index in [4.69, 9.17) is 9.52 Å². The third-order valence-corrected chi connectivity index (χ3v) is 2.98. The number of carboxylic acid groups (broad SMARTS) is 1. The van der Waals surface area contributed by atoms with Crippen molar-refractivity contribution in [3.8, 4) is 0 Å². The summed E-state index contributed by atoms with van der Waals surface area (Å²) < 4.78 is 5.56. The molecule has 20 heavy (non-hydrogen) atoms. The molecule has 1 N–H and O–H groups in total. The average molecular weight is 274 g/mol. The van der Waals surface area contributed by atoms with E-state index in [-0.39, 0.29) is 6.42 Å². The van der Waals surface area contributed by atoms with Crippen molar-refractivity contribution < 1.29 is 14.3 Å².